The molecule has 1 saturated heterocycles. The second-order valence-corrected chi connectivity index (χ2v) is 4.44. The molecule has 1 nitrogen and oxygen atoms in total. The molecule has 1 aliphatic heterocycles. The van der Waals surface area contributed by atoms with Crippen LogP contribution in [0, 0.1) is 17.6 Å². The predicted octanol–water partition coefficient (Wildman–Crippen LogP) is 2.49. The molecule has 1 fully saturated rings. The molecule has 0 unspecified atom stereocenters. The first-order valence-corrected chi connectivity index (χ1v) is 5.30. The maximum atomic E-state index is 12.9. The number of nitrogens with one attached hydrogen (secondary N) is 1. The number of hydrogen-bond acceptors (Lipinski definition) is 1. The smallest absolute Gasteiger partial charge is 0.159 e. The topological polar surface area (TPSA) is 12.0 Å². The lowest BCUT2D eigenvalue weighted by Crippen LogP contribution is -2.43. The molecule has 1 N–H and O–H groups in total. The lowest BCUT2D eigenvalue weighted by molar-refractivity contribution is 0.345. The summed E-state index contributed by atoms with van der Waals surface area (Å²) in [4.78, 5) is 0. The van der Waals surface area contributed by atoms with Crippen LogP contribution in [0.25, 0.3) is 0 Å². The molecule has 4 heteroatoms. The van der Waals surface area contributed by atoms with Crippen molar-refractivity contribution in [3.63, 3.8) is 0 Å². The summed E-state index contributed by atoms with van der Waals surface area (Å²) < 4.78 is 26.4. The molecule has 0 atom stereocenters. The molecule has 1 aliphatic rings. The van der Waals surface area contributed by atoms with Crippen molar-refractivity contribution in [2.24, 2.45) is 5.92 Å². The molecule has 0 radical (unpaired) electrons. The molecular weight excluding hydrogens is 252 g/mol. The number of rotatable bonds is 2. The summed E-state index contributed by atoms with van der Waals surface area (Å²) in [5.74, 6) is -1.01. The Balaban J connectivity index is 2.19. The summed E-state index contributed by atoms with van der Waals surface area (Å²) in [5, 5.41) is 3.14. The lowest BCUT2D eigenvalue weighted by Gasteiger charge is -2.27. The van der Waals surface area contributed by atoms with Crippen molar-refractivity contribution in [1.29, 1.82) is 0 Å². The predicted molar refractivity (Wildman–Crippen MR) is 54.1 cm³/mol. The van der Waals surface area contributed by atoms with E-state index in [2.05, 4.69) is 21.2 Å². The highest BCUT2D eigenvalue weighted by molar-refractivity contribution is 9.10. The lowest BCUT2D eigenvalue weighted by atomic mass is 9.94. The fraction of sp³-hybridized carbons (Fsp3) is 0.400. The third-order valence-electron chi connectivity index (χ3n) is 2.46. The van der Waals surface area contributed by atoms with Crippen LogP contribution in [0.3, 0.4) is 0 Å². The summed E-state index contributed by atoms with van der Waals surface area (Å²) in [5.41, 5.74) is 0.843. The zero-order valence-corrected chi connectivity index (χ0v) is 9.07. The van der Waals surface area contributed by atoms with Gasteiger partial charge in [0.25, 0.3) is 0 Å². The van der Waals surface area contributed by atoms with E-state index < -0.39 is 11.6 Å². The van der Waals surface area contributed by atoms with Gasteiger partial charge in [-0.3, -0.25) is 0 Å². The molecule has 76 valence electrons. The first-order chi connectivity index (χ1) is 6.66. The van der Waals surface area contributed by atoms with Crippen LogP contribution in [0.4, 0.5) is 8.78 Å². The Morgan fingerprint density at radius 1 is 1.29 bits per heavy atom. The van der Waals surface area contributed by atoms with Crippen LogP contribution in [0.15, 0.2) is 16.6 Å². The minimum absolute atomic E-state index is 0.552. The van der Waals surface area contributed by atoms with Crippen LogP contribution in [0.1, 0.15) is 5.56 Å². The van der Waals surface area contributed by atoms with E-state index in [-0.39, 0.29) is 0 Å². The Kier molecular flexibility index (Phi) is 2.83. The van der Waals surface area contributed by atoms with Gasteiger partial charge >= 0.3 is 0 Å². The Bertz CT molecular complexity index is 350. The van der Waals surface area contributed by atoms with Gasteiger partial charge in [-0.2, -0.15) is 0 Å². The average Bonchev–Trinajstić information content (AvgIpc) is 2.06. The fourth-order valence-corrected chi connectivity index (χ4v) is 2.00. The standard InChI is InChI=1S/C10H10BrF2N/c11-8-3-10(13)9(12)2-7(8)1-6-4-14-5-6/h2-3,6,14H,1,4-5H2. The molecule has 2 rings (SSSR count). The van der Waals surface area contributed by atoms with Gasteiger partial charge in [-0.05, 0) is 43.1 Å². The van der Waals surface area contributed by atoms with Gasteiger partial charge in [0, 0.05) is 4.47 Å². The van der Waals surface area contributed by atoms with E-state index in [4.69, 9.17) is 0 Å². The van der Waals surface area contributed by atoms with Gasteiger partial charge in [0.15, 0.2) is 11.6 Å². The summed E-state index contributed by atoms with van der Waals surface area (Å²) in [6.45, 7) is 1.93. The molecular formula is C10H10BrF2N. The van der Waals surface area contributed by atoms with Gasteiger partial charge in [0.2, 0.25) is 0 Å². The molecule has 1 aromatic carbocycles. The molecule has 0 saturated carbocycles. The summed E-state index contributed by atoms with van der Waals surface area (Å²) in [6.07, 6.45) is 0.796. The first-order valence-electron chi connectivity index (χ1n) is 4.51. The summed E-state index contributed by atoms with van der Waals surface area (Å²) in [7, 11) is 0. The van der Waals surface area contributed by atoms with Gasteiger partial charge in [-0.15, -0.1) is 0 Å². The van der Waals surface area contributed by atoms with Crippen LogP contribution in [-0.2, 0) is 6.42 Å². The zero-order valence-electron chi connectivity index (χ0n) is 7.49. The number of halogens is 3. The zero-order chi connectivity index (χ0) is 10.1. The second-order valence-electron chi connectivity index (χ2n) is 3.59. The van der Waals surface area contributed by atoms with Crippen LogP contribution >= 0.6 is 15.9 Å². The highest BCUT2D eigenvalue weighted by Crippen LogP contribution is 2.24. The minimum atomic E-state index is -0.799. The fourth-order valence-electron chi connectivity index (χ4n) is 1.52. The molecule has 0 spiro atoms. The van der Waals surface area contributed by atoms with E-state index in [0.29, 0.717) is 10.4 Å². The van der Waals surface area contributed by atoms with E-state index in [1.54, 1.807) is 0 Å². The van der Waals surface area contributed by atoms with E-state index in [1.165, 1.54) is 12.1 Å². The number of benzene rings is 1. The normalized spacial score (nSPS) is 16.8. The third kappa shape index (κ3) is 1.96. The third-order valence-corrected chi connectivity index (χ3v) is 3.20. The SMILES string of the molecule is Fc1cc(Br)c(CC2CNC2)cc1F. The van der Waals surface area contributed by atoms with Crippen molar-refractivity contribution in [2.75, 3.05) is 13.1 Å². The van der Waals surface area contributed by atoms with E-state index in [9.17, 15) is 8.78 Å². The molecule has 0 bridgehead atoms. The monoisotopic (exact) mass is 261 g/mol. The van der Waals surface area contributed by atoms with Crippen molar-refractivity contribution in [1.82, 2.24) is 5.32 Å². The van der Waals surface area contributed by atoms with E-state index in [1.807, 2.05) is 0 Å². The number of hydrogen-bond donors (Lipinski definition) is 1. The van der Waals surface area contributed by atoms with Crippen molar-refractivity contribution >= 4 is 15.9 Å². The Hall–Kier alpha value is -0.480. The Labute approximate surface area is 89.6 Å². The highest BCUT2D eigenvalue weighted by Gasteiger charge is 2.19. The van der Waals surface area contributed by atoms with E-state index >= 15 is 0 Å². The summed E-state index contributed by atoms with van der Waals surface area (Å²) >= 11 is 3.24. The van der Waals surface area contributed by atoms with Crippen molar-refractivity contribution in [3.05, 3.63) is 33.8 Å². The second kappa shape index (κ2) is 3.95. The average molecular weight is 262 g/mol. The first kappa shape index (κ1) is 10.1. The van der Waals surface area contributed by atoms with Gasteiger partial charge in [0.1, 0.15) is 0 Å². The van der Waals surface area contributed by atoms with Crippen LogP contribution in [0.2, 0.25) is 0 Å². The quantitative estimate of drug-likeness (QED) is 0.807. The molecule has 0 amide bonds. The van der Waals surface area contributed by atoms with Crippen LogP contribution in [-0.4, -0.2) is 13.1 Å². The van der Waals surface area contributed by atoms with Crippen molar-refractivity contribution < 1.29 is 8.78 Å². The Morgan fingerprint density at radius 2 is 1.93 bits per heavy atom. The maximum absolute atomic E-state index is 12.9. The summed E-state index contributed by atoms with van der Waals surface area (Å²) in [6, 6.07) is 2.47. The van der Waals surface area contributed by atoms with Gasteiger partial charge in [-0.25, -0.2) is 8.78 Å². The van der Waals surface area contributed by atoms with Gasteiger partial charge in [-0.1, -0.05) is 15.9 Å². The largest absolute Gasteiger partial charge is 0.316 e. The van der Waals surface area contributed by atoms with Gasteiger partial charge in [0.05, 0.1) is 0 Å². The highest BCUT2D eigenvalue weighted by atomic mass is 79.9. The van der Waals surface area contributed by atoms with Crippen molar-refractivity contribution in [2.45, 2.75) is 6.42 Å². The van der Waals surface area contributed by atoms with Crippen LogP contribution in [0.5, 0.6) is 0 Å². The Morgan fingerprint density at radius 3 is 2.50 bits per heavy atom. The maximum Gasteiger partial charge on any atom is 0.159 e. The molecule has 1 aromatic rings. The molecule has 0 aromatic heterocycles. The molecule has 14 heavy (non-hydrogen) atoms. The molecule has 0 aliphatic carbocycles. The molecule has 1 heterocycles. The van der Waals surface area contributed by atoms with Crippen LogP contribution < -0.4 is 5.32 Å². The van der Waals surface area contributed by atoms with Crippen molar-refractivity contribution in [3.8, 4) is 0 Å². The van der Waals surface area contributed by atoms with E-state index in [0.717, 1.165) is 25.1 Å². The van der Waals surface area contributed by atoms with Gasteiger partial charge < -0.3 is 5.32 Å². The minimum Gasteiger partial charge on any atom is -0.316 e.